The molecule has 1 aliphatic rings. The molecular weight excluding hydrogens is 370 g/mol. The van der Waals surface area contributed by atoms with Crippen molar-refractivity contribution in [2.24, 2.45) is 0 Å². The predicted octanol–water partition coefficient (Wildman–Crippen LogP) is 2.65. The Morgan fingerprint density at radius 2 is 1.93 bits per heavy atom. The molecule has 0 aliphatic carbocycles. The molecule has 3 heterocycles. The van der Waals surface area contributed by atoms with Crippen LogP contribution in [0.5, 0.6) is 5.75 Å². The molecule has 150 valence electrons. The van der Waals surface area contributed by atoms with E-state index >= 15 is 0 Å². The van der Waals surface area contributed by atoms with Gasteiger partial charge in [-0.25, -0.2) is 9.97 Å². The number of anilines is 2. The Morgan fingerprint density at radius 3 is 2.62 bits per heavy atom. The fourth-order valence-corrected chi connectivity index (χ4v) is 3.25. The number of carbonyl (C=O) groups is 1. The first-order valence-electron chi connectivity index (χ1n) is 9.49. The second-order valence-electron chi connectivity index (χ2n) is 6.72. The van der Waals surface area contributed by atoms with E-state index in [1.54, 1.807) is 30.5 Å². The predicted molar refractivity (Wildman–Crippen MR) is 109 cm³/mol. The summed E-state index contributed by atoms with van der Waals surface area (Å²) in [6.07, 6.45) is 3.08. The molecular formula is C21H23N5O3. The van der Waals surface area contributed by atoms with Crippen LogP contribution in [0, 0.1) is 0 Å². The molecule has 8 heteroatoms. The molecule has 2 aromatic heterocycles. The SMILES string of the molecule is COc1ccc(CNc2cc(N3CCN(C(=O)c4ccco4)CC3)ncn2)cc1. The number of benzene rings is 1. The smallest absolute Gasteiger partial charge is 0.289 e. The van der Waals surface area contributed by atoms with Crippen molar-refractivity contribution in [2.45, 2.75) is 6.54 Å². The summed E-state index contributed by atoms with van der Waals surface area (Å²) in [5.41, 5.74) is 1.14. The second-order valence-corrected chi connectivity index (χ2v) is 6.72. The van der Waals surface area contributed by atoms with Crippen LogP contribution in [0.1, 0.15) is 16.1 Å². The number of hydrogen-bond donors (Lipinski definition) is 1. The van der Waals surface area contributed by atoms with Gasteiger partial charge >= 0.3 is 0 Å². The van der Waals surface area contributed by atoms with Gasteiger partial charge in [0.15, 0.2) is 5.76 Å². The number of carbonyl (C=O) groups excluding carboxylic acids is 1. The zero-order chi connectivity index (χ0) is 20.1. The number of methoxy groups -OCH3 is 1. The minimum absolute atomic E-state index is 0.0702. The lowest BCUT2D eigenvalue weighted by Gasteiger charge is -2.35. The maximum Gasteiger partial charge on any atom is 0.289 e. The standard InChI is InChI=1S/C21H23N5O3/c1-28-17-6-4-16(5-7-17)14-22-19-13-20(24-15-23-19)25-8-10-26(11-9-25)21(27)18-3-2-12-29-18/h2-7,12-13,15H,8-11,14H2,1H3,(H,22,23,24). The minimum atomic E-state index is -0.0702. The molecule has 0 spiro atoms. The normalized spacial score (nSPS) is 14.0. The molecule has 1 saturated heterocycles. The van der Waals surface area contributed by atoms with E-state index in [9.17, 15) is 4.79 Å². The van der Waals surface area contributed by atoms with E-state index in [0.717, 1.165) is 22.9 Å². The molecule has 1 aliphatic heterocycles. The molecule has 1 fully saturated rings. The molecule has 1 aromatic carbocycles. The van der Waals surface area contributed by atoms with Gasteiger partial charge in [-0.1, -0.05) is 12.1 Å². The van der Waals surface area contributed by atoms with Crippen LogP contribution in [-0.2, 0) is 6.54 Å². The number of ether oxygens (including phenoxy) is 1. The molecule has 0 radical (unpaired) electrons. The van der Waals surface area contributed by atoms with Crippen LogP contribution in [0.4, 0.5) is 11.6 Å². The second kappa shape index (κ2) is 8.64. The number of aromatic nitrogens is 2. The Hall–Kier alpha value is -3.55. The van der Waals surface area contributed by atoms with E-state index in [2.05, 4.69) is 20.2 Å². The Morgan fingerprint density at radius 1 is 1.14 bits per heavy atom. The topological polar surface area (TPSA) is 83.7 Å². The van der Waals surface area contributed by atoms with Gasteiger partial charge in [-0.2, -0.15) is 0 Å². The number of nitrogens with zero attached hydrogens (tertiary/aromatic N) is 4. The summed E-state index contributed by atoms with van der Waals surface area (Å²) in [4.78, 5) is 25.1. The third kappa shape index (κ3) is 4.48. The summed E-state index contributed by atoms with van der Waals surface area (Å²) in [5, 5.41) is 3.33. The van der Waals surface area contributed by atoms with Crippen molar-refractivity contribution >= 4 is 17.5 Å². The highest BCUT2D eigenvalue weighted by molar-refractivity contribution is 5.91. The van der Waals surface area contributed by atoms with Crippen LogP contribution in [0.2, 0.25) is 0 Å². The Kier molecular flexibility index (Phi) is 5.60. The Labute approximate surface area is 169 Å². The third-order valence-corrected chi connectivity index (χ3v) is 4.91. The number of furan rings is 1. The highest BCUT2D eigenvalue weighted by Gasteiger charge is 2.24. The third-order valence-electron chi connectivity index (χ3n) is 4.91. The summed E-state index contributed by atoms with van der Waals surface area (Å²) >= 11 is 0. The van der Waals surface area contributed by atoms with E-state index in [0.29, 0.717) is 38.5 Å². The average molecular weight is 393 g/mol. The van der Waals surface area contributed by atoms with Crippen molar-refractivity contribution in [3.8, 4) is 5.75 Å². The van der Waals surface area contributed by atoms with Gasteiger partial charge in [-0.05, 0) is 29.8 Å². The van der Waals surface area contributed by atoms with E-state index in [1.165, 1.54) is 6.26 Å². The monoisotopic (exact) mass is 393 g/mol. The fourth-order valence-electron chi connectivity index (χ4n) is 3.25. The van der Waals surface area contributed by atoms with E-state index in [4.69, 9.17) is 9.15 Å². The lowest BCUT2D eigenvalue weighted by molar-refractivity contribution is 0.0714. The first-order chi connectivity index (χ1) is 14.2. The van der Waals surface area contributed by atoms with Crippen LogP contribution in [0.15, 0.2) is 59.5 Å². The van der Waals surface area contributed by atoms with Crippen molar-refractivity contribution in [1.29, 1.82) is 0 Å². The molecule has 3 aromatic rings. The number of piperazine rings is 1. The Bertz CT molecular complexity index is 935. The lowest BCUT2D eigenvalue weighted by Crippen LogP contribution is -2.49. The van der Waals surface area contributed by atoms with Crippen molar-refractivity contribution in [1.82, 2.24) is 14.9 Å². The van der Waals surface area contributed by atoms with Crippen molar-refractivity contribution in [3.63, 3.8) is 0 Å². The fraction of sp³-hybridized carbons (Fsp3) is 0.286. The number of amides is 1. The first kappa shape index (κ1) is 18.8. The first-order valence-corrected chi connectivity index (χ1v) is 9.49. The molecule has 4 rings (SSSR count). The highest BCUT2D eigenvalue weighted by Crippen LogP contribution is 2.18. The van der Waals surface area contributed by atoms with E-state index in [1.807, 2.05) is 30.3 Å². The van der Waals surface area contributed by atoms with Crippen LogP contribution in [0.3, 0.4) is 0 Å². The largest absolute Gasteiger partial charge is 0.497 e. The van der Waals surface area contributed by atoms with Gasteiger partial charge in [-0.3, -0.25) is 4.79 Å². The molecule has 0 saturated carbocycles. The molecule has 29 heavy (non-hydrogen) atoms. The van der Waals surface area contributed by atoms with Gasteiger partial charge < -0.3 is 24.3 Å². The number of nitrogens with one attached hydrogen (secondary N) is 1. The quantitative estimate of drug-likeness (QED) is 0.689. The van der Waals surface area contributed by atoms with Gasteiger partial charge in [0.2, 0.25) is 0 Å². The maximum atomic E-state index is 12.4. The van der Waals surface area contributed by atoms with Gasteiger partial charge in [0, 0.05) is 38.8 Å². The molecule has 8 nitrogen and oxygen atoms in total. The maximum absolute atomic E-state index is 12.4. The van der Waals surface area contributed by atoms with Crippen LogP contribution in [0.25, 0.3) is 0 Å². The van der Waals surface area contributed by atoms with Crippen LogP contribution in [-0.4, -0.2) is 54.1 Å². The molecule has 1 amide bonds. The summed E-state index contributed by atoms with van der Waals surface area (Å²) < 4.78 is 10.4. The summed E-state index contributed by atoms with van der Waals surface area (Å²) in [6.45, 7) is 3.32. The van der Waals surface area contributed by atoms with Crippen molar-refractivity contribution in [3.05, 3.63) is 66.4 Å². The number of rotatable bonds is 6. The minimum Gasteiger partial charge on any atom is -0.497 e. The zero-order valence-electron chi connectivity index (χ0n) is 16.2. The molecule has 1 N–H and O–H groups in total. The van der Waals surface area contributed by atoms with Crippen molar-refractivity contribution in [2.75, 3.05) is 43.5 Å². The van der Waals surface area contributed by atoms with Crippen LogP contribution < -0.4 is 15.0 Å². The molecule has 0 unspecified atom stereocenters. The highest BCUT2D eigenvalue weighted by atomic mass is 16.5. The van der Waals surface area contributed by atoms with Gasteiger partial charge in [-0.15, -0.1) is 0 Å². The Balaban J connectivity index is 1.33. The van der Waals surface area contributed by atoms with E-state index < -0.39 is 0 Å². The molecule has 0 atom stereocenters. The zero-order valence-corrected chi connectivity index (χ0v) is 16.2. The lowest BCUT2D eigenvalue weighted by atomic mass is 10.2. The summed E-state index contributed by atoms with van der Waals surface area (Å²) in [5.74, 6) is 2.76. The molecule has 0 bridgehead atoms. The van der Waals surface area contributed by atoms with Gasteiger partial charge in [0.1, 0.15) is 23.7 Å². The number of hydrogen-bond acceptors (Lipinski definition) is 7. The average Bonchev–Trinajstić information content (AvgIpc) is 3.33. The van der Waals surface area contributed by atoms with E-state index in [-0.39, 0.29) is 5.91 Å². The summed E-state index contributed by atoms with van der Waals surface area (Å²) in [6, 6.07) is 13.3. The summed E-state index contributed by atoms with van der Waals surface area (Å²) in [7, 11) is 1.66. The van der Waals surface area contributed by atoms with Crippen molar-refractivity contribution < 1.29 is 13.9 Å². The van der Waals surface area contributed by atoms with Crippen LogP contribution >= 0.6 is 0 Å². The van der Waals surface area contributed by atoms with Gasteiger partial charge in [0.05, 0.1) is 13.4 Å². The van der Waals surface area contributed by atoms with Gasteiger partial charge in [0.25, 0.3) is 5.91 Å².